The van der Waals surface area contributed by atoms with Gasteiger partial charge < -0.3 is 24.8 Å². The zero-order valence-electron chi connectivity index (χ0n) is 18.7. The van der Waals surface area contributed by atoms with E-state index in [0.717, 1.165) is 10.4 Å². The Morgan fingerprint density at radius 3 is 2.21 bits per heavy atom. The zero-order chi connectivity index (χ0) is 24.0. The van der Waals surface area contributed by atoms with Gasteiger partial charge in [0.05, 0.1) is 26.5 Å². The molecule has 2 N–H and O–H groups in total. The Labute approximate surface area is 195 Å². The van der Waals surface area contributed by atoms with Crippen molar-refractivity contribution in [3.05, 3.63) is 59.0 Å². The van der Waals surface area contributed by atoms with Crippen LogP contribution in [0.4, 0.5) is 11.4 Å². The molecule has 0 aliphatic heterocycles. The first-order chi connectivity index (χ1) is 15.9. The maximum atomic E-state index is 12.8. The van der Waals surface area contributed by atoms with E-state index in [0.29, 0.717) is 28.4 Å². The molecular weight excluding hydrogens is 444 g/mol. The number of rotatable bonds is 8. The number of carbonyl (C=O) groups is 3. The number of nitrogens with one attached hydrogen (secondary N) is 2. The fourth-order valence-corrected chi connectivity index (χ4v) is 4.07. The first kappa shape index (κ1) is 23.8. The highest BCUT2D eigenvalue weighted by atomic mass is 32.1. The van der Waals surface area contributed by atoms with Gasteiger partial charge in [-0.3, -0.25) is 9.59 Å². The molecule has 0 aliphatic rings. The molecule has 3 rings (SSSR count). The van der Waals surface area contributed by atoms with Crippen molar-refractivity contribution in [1.29, 1.82) is 0 Å². The largest absolute Gasteiger partial charge is 0.493 e. The minimum Gasteiger partial charge on any atom is -0.493 e. The summed E-state index contributed by atoms with van der Waals surface area (Å²) < 4.78 is 15.8. The lowest BCUT2D eigenvalue weighted by Gasteiger charge is -2.08. The summed E-state index contributed by atoms with van der Waals surface area (Å²) in [6.07, 6.45) is 0. The molecule has 0 atom stereocenters. The number of anilines is 2. The van der Waals surface area contributed by atoms with Gasteiger partial charge in [-0.15, -0.1) is 11.3 Å². The minimum atomic E-state index is -0.523. The average Bonchev–Trinajstić information content (AvgIpc) is 3.22. The summed E-state index contributed by atoms with van der Waals surface area (Å²) in [7, 11) is 3.10. The molecule has 0 bridgehead atoms. The lowest BCUT2D eigenvalue weighted by molar-refractivity contribution is -0.114. The summed E-state index contributed by atoms with van der Waals surface area (Å²) in [6, 6.07) is 13.6. The van der Waals surface area contributed by atoms with Crippen molar-refractivity contribution in [1.82, 2.24) is 0 Å². The van der Waals surface area contributed by atoms with Crippen molar-refractivity contribution in [2.45, 2.75) is 13.8 Å². The fraction of sp³-hybridized carbons (Fsp3) is 0.208. The van der Waals surface area contributed by atoms with Crippen LogP contribution < -0.4 is 20.1 Å². The molecule has 0 saturated heterocycles. The van der Waals surface area contributed by atoms with Crippen molar-refractivity contribution >= 4 is 40.5 Å². The number of thiophene rings is 1. The van der Waals surface area contributed by atoms with Gasteiger partial charge in [0.2, 0.25) is 5.91 Å². The summed E-state index contributed by atoms with van der Waals surface area (Å²) in [5.74, 6) is 0.00921. The maximum Gasteiger partial charge on any atom is 0.350 e. The van der Waals surface area contributed by atoms with E-state index in [-0.39, 0.29) is 17.4 Å². The molecule has 0 aliphatic carbocycles. The van der Waals surface area contributed by atoms with Crippen LogP contribution in [-0.4, -0.2) is 38.6 Å². The van der Waals surface area contributed by atoms with Crippen LogP contribution in [-0.2, 0) is 9.53 Å². The molecule has 0 radical (unpaired) electrons. The maximum absolute atomic E-state index is 12.8. The quantitative estimate of drug-likeness (QED) is 0.460. The van der Waals surface area contributed by atoms with E-state index in [1.54, 1.807) is 63.6 Å². The molecule has 1 aromatic heterocycles. The van der Waals surface area contributed by atoms with Crippen LogP contribution in [0.1, 0.15) is 33.9 Å². The molecular formula is C24H24N2O6S. The number of hydrogen-bond donors (Lipinski definition) is 2. The predicted octanol–water partition coefficient (Wildman–Crippen LogP) is 4.82. The van der Waals surface area contributed by atoms with Crippen LogP contribution in [0.3, 0.4) is 0 Å². The molecule has 172 valence electrons. The average molecular weight is 469 g/mol. The summed E-state index contributed by atoms with van der Waals surface area (Å²) in [6.45, 7) is 3.33. The first-order valence-electron chi connectivity index (χ1n) is 10.1. The third-order valence-electron chi connectivity index (χ3n) is 4.58. The third kappa shape index (κ3) is 5.69. The Bertz CT molecular complexity index is 1170. The second kappa shape index (κ2) is 10.6. The summed E-state index contributed by atoms with van der Waals surface area (Å²) >= 11 is 1.21. The van der Waals surface area contributed by atoms with Gasteiger partial charge >= 0.3 is 5.97 Å². The van der Waals surface area contributed by atoms with Gasteiger partial charge in [0.25, 0.3) is 5.91 Å². The van der Waals surface area contributed by atoms with Crippen molar-refractivity contribution in [2.24, 2.45) is 0 Å². The summed E-state index contributed by atoms with van der Waals surface area (Å²) in [4.78, 5) is 37.6. The van der Waals surface area contributed by atoms with Gasteiger partial charge in [0.1, 0.15) is 4.88 Å². The molecule has 8 nitrogen and oxygen atoms in total. The van der Waals surface area contributed by atoms with Crippen LogP contribution >= 0.6 is 11.3 Å². The van der Waals surface area contributed by atoms with Gasteiger partial charge in [-0.25, -0.2) is 4.79 Å². The Balaban J connectivity index is 1.92. The van der Waals surface area contributed by atoms with E-state index in [1.807, 2.05) is 6.07 Å². The van der Waals surface area contributed by atoms with Crippen molar-refractivity contribution in [3.8, 4) is 21.9 Å². The molecule has 0 saturated carbocycles. The molecule has 2 aromatic carbocycles. The lowest BCUT2D eigenvalue weighted by Crippen LogP contribution is -2.14. The van der Waals surface area contributed by atoms with Gasteiger partial charge in [0.15, 0.2) is 11.5 Å². The topological polar surface area (TPSA) is 103 Å². The molecule has 3 aromatic rings. The van der Waals surface area contributed by atoms with E-state index in [4.69, 9.17) is 14.2 Å². The SMILES string of the molecule is CCOC(=O)c1sc(-c2ccc(OC)c(OC)c2)cc1NC(=O)c1ccc(NC(C)=O)cc1. The number of benzene rings is 2. The van der Waals surface area contributed by atoms with Gasteiger partial charge in [-0.1, -0.05) is 0 Å². The summed E-state index contributed by atoms with van der Waals surface area (Å²) in [5.41, 5.74) is 2.10. The van der Waals surface area contributed by atoms with E-state index in [9.17, 15) is 14.4 Å². The third-order valence-corrected chi connectivity index (χ3v) is 5.74. The van der Waals surface area contributed by atoms with Crippen molar-refractivity contribution < 1.29 is 28.6 Å². The van der Waals surface area contributed by atoms with Crippen molar-refractivity contribution in [3.63, 3.8) is 0 Å². The molecule has 0 unspecified atom stereocenters. The van der Waals surface area contributed by atoms with E-state index in [1.165, 1.54) is 18.3 Å². The van der Waals surface area contributed by atoms with E-state index >= 15 is 0 Å². The fourth-order valence-electron chi connectivity index (χ4n) is 3.07. The molecule has 1 heterocycles. The van der Waals surface area contributed by atoms with Crippen LogP contribution in [0.2, 0.25) is 0 Å². The van der Waals surface area contributed by atoms with Gasteiger partial charge in [-0.2, -0.15) is 0 Å². The van der Waals surface area contributed by atoms with E-state index < -0.39 is 11.9 Å². The molecule has 0 fully saturated rings. The van der Waals surface area contributed by atoms with Crippen LogP contribution in [0.25, 0.3) is 10.4 Å². The monoisotopic (exact) mass is 468 g/mol. The number of carbonyl (C=O) groups excluding carboxylic acids is 3. The van der Waals surface area contributed by atoms with Crippen LogP contribution in [0.15, 0.2) is 48.5 Å². The number of esters is 1. The Hall–Kier alpha value is -3.85. The predicted molar refractivity (Wildman–Crippen MR) is 128 cm³/mol. The Morgan fingerprint density at radius 2 is 1.61 bits per heavy atom. The Kier molecular flexibility index (Phi) is 7.68. The number of methoxy groups -OCH3 is 2. The van der Waals surface area contributed by atoms with Gasteiger partial charge in [-0.05, 0) is 61.0 Å². The van der Waals surface area contributed by atoms with Crippen LogP contribution in [0, 0.1) is 0 Å². The number of ether oxygens (including phenoxy) is 3. The smallest absolute Gasteiger partial charge is 0.350 e. The van der Waals surface area contributed by atoms with Crippen molar-refractivity contribution in [2.75, 3.05) is 31.5 Å². The summed E-state index contributed by atoms with van der Waals surface area (Å²) in [5, 5.41) is 5.44. The van der Waals surface area contributed by atoms with Gasteiger partial charge in [0, 0.05) is 23.1 Å². The standard InChI is InChI=1S/C24H24N2O6S/c1-5-32-24(29)22-18(26-23(28)15-6-9-17(10-7-15)25-14(2)27)13-21(33-22)16-8-11-19(30-3)20(12-16)31-4/h6-13H,5H2,1-4H3,(H,25,27)(H,26,28). The number of hydrogen-bond acceptors (Lipinski definition) is 7. The Morgan fingerprint density at radius 1 is 0.909 bits per heavy atom. The highest BCUT2D eigenvalue weighted by molar-refractivity contribution is 7.18. The molecule has 0 spiro atoms. The second-order valence-corrected chi connectivity index (χ2v) is 7.91. The molecule has 33 heavy (non-hydrogen) atoms. The normalized spacial score (nSPS) is 10.3. The lowest BCUT2D eigenvalue weighted by atomic mass is 10.1. The molecule has 2 amide bonds. The second-order valence-electron chi connectivity index (χ2n) is 6.86. The van der Waals surface area contributed by atoms with Crippen LogP contribution in [0.5, 0.6) is 11.5 Å². The number of amides is 2. The highest BCUT2D eigenvalue weighted by Gasteiger charge is 2.21. The minimum absolute atomic E-state index is 0.202. The highest BCUT2D eigenvalue weighted by Crippen LogP contribution is 2.39. The zero-order valence-corrected chi connectivity index (χ0v) is 19.5. The molecule has 9 heteroatoms. The first-order valence-corrected chi connectivity index (χ1v) is 10.9. The van der Waals surface area contributed by atoms with E-state index in [2.05, 4.69) is 10.6 Å².